The summed E-state index contributed by atoms with van der Waals surface area (Å²) in [4.78, 5) is 5.31. The van der Waals surface area contributed by atoms with Crippen LogP contribution in [0.3, 0.4) is 0 Å². The molecule has 6 heteroatoms. The molecule has 1 heterocycles. The molecule has 2 aromatic rings. The second-order valence-corrected chi connectivity index (χ2v) is 5.37. The van der Waals surface area contributed by atoms with Crippen LogP contribution in [0, 0.1) is 0 Å². The van der Waals surface area contributed by atoms with Gasteiger partial charge in [-0.25, -0.2) is 4.98 Å². The van der Waals surface area contributed by atoms with Gasteiger partial charge in [0.1, 0.15) is 6.33 Å². The van der Waals surface area contributed by atoms with Crippen LogP contribution < -0.4 is 5.32 Å². The molecule has 0 radical (unpaired) electrons. The number of halogens is 1. The number of hydrogen-bond acceptors (Lipinski definition) is 4. The molecule has 0 atom stereocenters. The number of aromatic nitrogens is 3. The number of nitrogens with one attached hydrogen (secondary N) is 2. The van der Waals surface area contributed by atoms with E-state index in [4.69, 9.17) is 0 Å². The lowest BCUT2D eigenvalue weighted by atomic mass is 10.2. The van der Waals surface area contributed by atoms with Gasteiger partial charge in [0, 0.05) is 15.9 Å². The smallest absolute Gasteiger partial charge is 0.188 e. The van der Waals surface area contributed by atoms with Gasteiger partial charge in [0.05, 0.1) is 0 Å². The lowest BCUT2D eigenvalue weighted by molar-refractivity contribution is 0.717. The predicted octanol–water partition coefficient (Wildman–Crippen LogP) is 2.83. The molecule has 0 saturated carbocycles. The van der Waals surface area contributed by atoms with Gasteiger partial charge in [0.25, 0.3) is 0 Å². The Labute approximate surface area is 113 Å². The molecule has 17 heavy (non-hydrogen) atoms. The fourth-order valence-corrected chi connectivity index (χ4v) is 2.61. The Morgan fingerprint density at radius 1 is 1.47 bits per heavy atom. The van der Waals surface area contributed by atoms with Crippen molar-refractivity contribution in [2.75, 3.05) is 6.54 Å². The number of rotatable bonds is 5. The molecule has 0 aliphatic carbocycles. The summed E-state index contributed by atoms with van der Waals surface area (Å²) in [5.41, 5.74) is 1.25. The third kappa shape index (κ3) is 3.55. The summed E-state index contributed by atoms with van der Waals surface area (Å²) < 4.78 is 1.09. The molecule has 2 N–H and O–H groups in total. The molecule has 0 fully saturated rings. The molecule has 2 rings (SSSR count). The first kappa shape index (κ1) is 12.6. The van der Waals surface area contributed by atoms with E-state index in [2.05, 4.69) is 55.5 Å². The maximum Gasteiger partial charge on any atom is 0.188 e. The molecule has 0 bridgehead atoms. The highest BCUT2D eigenvalue weighted by atomic mass is 79.9. The van der Waals surface area contributed by atoms with E-state index in [1.54, 1.807) is 11.8 Å². The summed E-state index contributed by atoms with van der Waals surface area (Å²) in [6, 6.07) is 6.25. The van der Waals surface area contributed by atoms with E-state index in [9.17, 15) is 0 Å². The Hall–Kier alpha value is -0.850. The van der Waals surface area contributed by atoms with Crippen molar-refractivity contribution in [2.24, 2.45) is 0 Å². The fraction of sp³-hybridized carbons (Fsp3) is 0.273. The van der Waals surface area contributed by atoms with Crippen LogP contribution in [-0.4, -0.2) is 21.7 Å². The molecule has 4 nitrogen and oxygen atoms in total. The van der Waals surface area contributed by atoms with Gasteiger partial charge in [-0.05, 0) is 30.3 Å². The average molecular weight is 313 g/mol. The van der Waals surface area contributed by atoms with Crippen LogP contribution in [0.2, 0.25) is 0 Å². The molecule has 0 saturated heterocycles. The molecule has 1 aromatic heterocycles. The Bertz CT molecular complexity index is 472. The molecule has 90 valence electrons. The standard InChI is InChI=1S/C11H13BrN4S/c1-2-13-6-8-5-9(12)3-4-10(8)17-11-14-7-15-16-11/h3-5,7,13H,2,6H2,1H3,(H,14,15,16). The summed E-state index contributed by atoms with van der Waals surface area (Å²) in [6.45, 7) is 3.91. The molecular formula is C11H13BrN4S. The number of hydrogen-bond donors (Lipinski definition) is 2. The van der Waals surface area contributed by atoms with Gasteiger partial charge in [0.15, 0.2) is 5.16 Å². The number of H-pyrrole nitrogens is 1. The zero-order chi connectivity index (χ0) is 12.1. The first-order valence-corrected chi connectivity index (χ1v) is 6.93. The summed E-state index contributed by atoms with van der Waals surface area (Å²) in [7, 11) is 0. The second-order valence-electron chi connectivity index (χ2n) is 3.43. The molecule has 0 aliphatic rings. The number of nitrogens with zero attached hydrogens (tertiary/aromatic N) is 2. The minimum Gasteiger partial charge on any atom is -0.313 e. The van der Waals surface area contributed by atoms with E-state index in [1.807, 2.05) is 6.07 Å². The molecule has 1 aromatic carbocycles. The lowest BCUT2D eigenvalue weighted by Gasteiger charge is -2.08. The van der Waals surface area contributed by atoms with Crippen molar-refractivity contribution in [3.8, 4) is 0 Å². The van der Waals surface area contributed by atoms with Crippen LogP contribution in [0.15, 0.2) is 39.1 Å². The van der Waals surface area contributed by atoms with Gasteiger partial charge in [-0.3, -0.25) is 5.10 Å². The van der Waals surface area contributed by atoms with Crippen molar-refractivity contribution in [1.82, 2.24) is 20.5 Å². The average Bonchev–Trinajstić information content (AvgIpc) is 2.82. The molecule has 0 amide bonds. The third-order valence-corrected chi connectivity index (χ3v) is 3.69. The largest absolute Gasteiger partial charge is 0.313 e. The maximum atomic E-state index is 4.12. The Morgan fingerprint density at radius 2 is 2.35 bits per heavy atom. The van der Waals surface area contributed by atoms with Gasteiger partial charge in [-0.1, -0.05) is 34.6 Å². The van der Waals surface area contributed by atoms with Crippen molar-refractivity contribution in [1.29, 1.82) is 0 Å². The monoisotopic (exact) mass is 312 g/mol. The summed E-state index contributed by atoms with van der Waals surface area (Å²) in [5, 5.41) is 10.8. The van der Waals surface area contributed by atoms with Crippen molar-refractivity contribution in [2.45, 2.75) is 23.5 Å². The Kier molecular flexibility index (Phi) is 4.58. The van der Waals surface area contributed by atoms with E-state index < -0.39 is 0 Å². The quantitative estimate of drug-likeness (QED) is 0.891. The fourth-order valence-electron chi connectivity index (χ4n) is 1.39. The predicted molar refractivity (Wildman–Crippen MR) is 72.0 cm³/mol. The second kappa shape index (κ2) is 6.18. The molecule has 0 unspecified atom stereocenters. The first-order chi connectivity index (χ1) is 8.29. The van der Waals surface area contributed by atoms with Crippen molar-refractivity contribution in [3.63, 3.8) is 0 Å². The van der Waals surface area contributed by atoms with Crippen LogP contribution in [0.5, 0.6) is 0 Å². The van der Waals surface area contributed by atoms with Crippen LogP contribution in [0.1, 0.15) is 12.5 Å². The van der Waals surface area contributed by atoms with Crippen LogP contribution in [0.25, 0.3) is 0 Å². The topological polar surface area (TPSA) is 53.6 Å². The highest BCUT2D eigenvalue weighted by molar-refractivity contribution is 9.10. The zero-order valence-corrected chi connectivity index (χ0v) is 11.8. The molecular weight excluding hydrogens is 300 g/mol. The van der Waals surface area contributed by atoms with E-state index in [0.717, 1.165) is 22.7 Å². The molecule has 0 spiro atoms. The SMILES string of the molecule is CCNCc1cc(Br)ccc1Sc1ncn[nH]1. The summed E-state index contributed by atoms with van der Waals surface area (Å²) >= 11 is 5.08. The van der Waals surface area contributed by atoms with Gasteiger partial charge in [0.2, 0.25) is 0 Å². The van der Waals surface area contributed by atoms with E-state index in [1.165, 1.54) is 16.8 Å². The van der Waals surface area contributed by atoms with E-state index in [-0.39, 0.29) is 0 Å². The molecule has 0 aliphatic heterocycles. The van der Waals surface area contributed by atoms with Crippen molar-refractivity contribution < 1.29 is 0 Å². The van der Waals surface area contributed by atoms with Gasteiger partial charge in [-0.15, -0.1) is 0 Å². The van der Waals surface area contributed by atoms with Gasteiger partial charge in [-0.2, -0.15) is 5.10 Å². The summed E-state index contributed by atoms with van der Waals surface area (Å²) in [6.07, 6.45) is 1.52. The van der Waals surface area contributed by atoms with Crippen molar-refractivity contribution >= 4 is 27.7 Å². The van der Waals surface area contributed by atoms with Crippen molar-refractivity contribution in [3.05, 3.63) is 34.6 Å². The van der Waals surface area contributed by atoms with Crippen LogP contribution in [0.4, 0.5) is 0 Å². The van der Waals surface area contributed by atoms with Crippen LogP contribution in [-0.2, 0) is 6.54 Å². The minimum absolute atomic E-state index is 0.810. The van der Waals surface area contributed by atoms with Gasteiger partial charge >= 0.3 is 0 Å². The summed E-state index contributed by atoms with van der Waals surface area (Å²) in [5.74, 6) is 0. The normalized spacial score (nSPS) is 10.7. The highest BCUT2D eigenvalue weighted by Crippen LogP contribution is 2.29. The first-order valence-electron chi connectivity index (χ1n) is 5.32. The van der Waals surface area contributed by atoms with E-state index >= 15 is 0 Å². The van der Waals surface area contributed by atoms with Gasteiger partial charge < -0.3 is 5.32 Å². The Morgan fingerprint density at radius 3 is 3.06 bits per heavy atom. The lowest BCUT2D eigenvalue weighted by Crippen LogP contribution is -2.12. The highest BCUT2D eigenvalue weighted by Gasteiger charge is 2.06. The Balaban J connectivity index is 2.19. The minimum atomic E-state index is 0.810. The van der Waals surface area contributed by atoms with E-state index in [0.29, 0.717) is 0 Å². The maximum absolute atomic E-state index is 4.12. The van der Waals surface area contributed by atoms with Crippen LogP contribution >= 0.6 is 27.7 Å². The number of benzene rings is 1. The zero-order valence-electron chi connectivity index (χ0n) is 9.40. The third-order valence-electron chi connectivity index (χ3n) is 2.19. The number of aromatic amines is 1.